The highest BCUT2D eigenvalue weighted by Gasteiger charge is 2.24. The summed E-state index contributed by atoms with van der Waals surface area (Å²) in [6.07, 6.45) is 0.765. The van der Waals surface area contributed by atoms with E-state index < -0.39 is 20.1 Å². The lowest BCUT2D eigenvalue weighted by Gasteiger charge is -2.29. The Bertz CT molecular complexity index is 291. The average Bonchev–Trinajstić information content (AvgIpc) is 2.31. The van der Waals surface area contributed by atoms with Crippen LogP contribution in [0.25, 0.3) is 0 Å². The minimum atomic E-state index is -1.45. The minimum Gasteiger partial charge on any atom is -0.450 e. The number of aliphatic hydroxyl groups excluding tert-OH is 1. The monoisotopic (exact) mass is 289 g/mol. The fraction of sp³-hybridized carbons (Fsp3) is 0.846. The lowest BCUT2D eigenvalue weighted by Crippen LogP contribution is -2.45. The average molecular weight is 289 g/mol. The van der Waals surface area contributed by atoms with E-state index in [0.717, 1.165) is 6.29 Å². The molecule has 19 heavy (non-hydrogen) atoms. The zero-order valence-electron chi connectivity index (χ0n) is 12.7. The molecule has 0 aromatic carbocycles. The molecule has 0 aliphatic rings. The van der Waals surface area contributed by atoms with E-state index >= 15 is 0 Å². The van der Waals surface area contributed by atoms with Crippen molar-refractivity contribution in [2.75, 3.05) is 19.3 Å². The smallest absolute Gasteiger partial charge is 0.409 e. The van der Waals surface area contributed by atoms with Crippen LogP contribution in [0.3, 0.4) is 0 Å². The lowest BCUT2D eigenvalue weighted by atomic mass is 10.0. The van der Waals surface area contributed by atoms with Gasteiger partial charge < -0.3 is 19.5 Å². The zero-order chi connectivity index (χ0) is 15.1. The van der Waals surface area contributed by atoms with Gasteiger partial charge >= 0.3 is 6.09 Å². The summed E-state index contributed by atoms with van der Waals surface area (Å²) in [6.45, 7) is 10.7. The molecule has 0 fully saturated rings. The van der Waals surface area contributed by atoms with E-state index in [2.05, 4.69) is 19.6 Å². The molecule has 0 aromatic heterocycles. The Balaban J connectivity index is 4.50. The van der Waals surface area contributed by atoms with Gasteiger partial charge in [-0.25, -0.2) is 4.79 Å². The number of nitrogens with zero attached hydrogens (tertiary/aromatic N) is 1. The van der Waals surface area contributed by atoms with Gasteiger partial charge in [0.1, 0.15) is 6.29 Å². The first-order valence-corrected chi connectivity index (χ1v) is 10.5. The standard InChI is InChI=1S/C13H27NO4Si/c1-6-18-13(17)14(10-19(3,4)5)8-7-12(16)11(2)9-15/h9,11-12,16H,6-8,10H2,1-5H3/t11-,12-/m1/s1. The van der Waals surface area contributed by atoms with Crippen molar-refractivity contribution in [1.82, 2.24) is 4.90 Å². The summed E-state index contributed by atoms with van der Waals surface area (Å²) < 4.78 is 5.03. The SMILES string of the molecule is CCOC(=O)N(CC[C@@H](O)[C@H](C)C=O)C[Si](C)(C)C. The van der Waals surface area contributed by atoms with Gasteiger partial charge in [0.15, 0.2) is 0 Å². The number of hydrogen-bond acceptors (Lipinski definition) is 4. The molecule has 0 spiro atoms. The van der Waals surface area contributed by atoms with Gasteiger partial charge in [-0.2, -0.15) is 0 Å². The first kappa shape index (κ1) is 18.1. The topological polar surface area (TPSA) is 66.8 Å². The maximum atomic E-state index is 11.8. The van der Waals surface area contributed by atoms with Crippen molar-refractivity contribution in [3.8, 4) is 0 Å². The maximum Gasteiger partial charge on any atom is 0.409 e. The second-order valence-electron chi connectivity index (χ2n) is 6.03. The van der Waals surface area contributed by atoms with Crippen molar-refractivity contribution in [1.29, 1.82) is 0 Å². The molecular weight excluding hydrogens is 262 g/mol. The van der Waals surface area contributed by atoms with Gasteiger partial charge in [-0.05, 0) is 13.3 Å². The van der Waals surface area contributed by atoms with Crippen molar-refractivity contribution in [2.45, 2.75) is 46.0 Å². The fourth-order valence-corrected chi connectivity index (χ4v) is 3.10. The molecule has 0 unspecified atom stereocenters. The molecule has 0 saturated carbocycles. The van der Waals surface area contributed by atoms with Crippen LogP contribution < -0.4 is 0 Å². The van der Waals surface area contributed by atoms with Gasteiger partial charge in [-0.1, -0.05) is 26.6 Å². The molecule has 0 bridgehead atoms. The van der Waals surface area contributed by atoms with Gasteiger partial charge in [0.2, 0.25) is 0 Å². The highest BCUT2D eigenvalue weighted by Crippen LogP contribution is 2.10. The van der Waals surface area contributed by atoms with Crippen LogP contribution in [0, 0.1) is 5.92 Å². The van der Waals surface area contributed by atoms with Crippen LogP contribution in [-0.2, 0) is 9.53 Å². The summed E-state index contributed by atoms with van der Waals surface area (Å²) in [5, 5.41) is 9.78. The minimum absolute atomic E-state index is 0.337. The van der Waals surface area contributed by atoms with Crippen molar-refractivity contribution >= 4 is 20.5 Å². The van der Waals surface area contributed by atoms with Gasteiger partial charge in [-0.15, -0.1) is 0 Å². The van der Waals surface area contributed by atoms with E-state index in [9.17, 15) is 14.7 Å². The van der Waals surface area contributed by atoms with Crippen LogP contribution in [0.5, 0.6) is 0 Å². The summed E-state index contributed by atoms with van der Waals surface area (Å²) in [5.41, 5.74) is 0. The summed E-state index contributed by atoms with van der Waals surface area (Å²) in [5.74, 6) is -0.407. The maximum absolute atomic E-state index is 11.8. The van der Waals surface area contributed by atoms with Crippen LogP contribution in [0.4, 0.5) is 4.79 Å². The molecule has 2 atom stereocenters. The van der Waals surface area contributed by atoms with Crippen LogP contribution in [0.15, 0.2) is 0 Å². The Kier molecular flexibility index (Phi) is 7.93. The van der Waals surface area contributed by atoms with E-state index in [0.29, 0.717) is 25.7 Å². The van der Waals surface area contributed by atoms with Crippen molar-refractivity contribution in [3.05, 3.63) is 0 Å². The van der Waals surface area contributed by atoms with Crippen molar-refractivity contribution in [3.63, 3.8) is 0 Å². The zero-order valence-corrected chi connectivity index (χ0v) is 13.7. The fourth-order valence-electron chi connectivity index (χ4n) is 1.66. The van der Waals surface area contributed by atoms with Gasteiger partial charge in [0.25, 0.3) is 0 Å². The Hall–Kier alpha value is -0.883. The Morgan fingerprint density at radius 1 is 1.42 bits per heavy atom. The third-order valence-corrected chi connectivity index (χ3v) is 4.04. The molecular formula is C13H27NO4Si. The number of amides is 1. The third kappa shape index (κ3) is 8.00. The third-order valence-electron chi connectivity index (χ3n) is 2.71. The molecule has 1 N–H and O–H groups in total. The number of rotatable bonds is 8. The molecule has 0 radical (unpaired) electrons. The van der Waals surface area contributed by atoms with E-state index in [4.69, 9.17) is 4.74 Å². The molecule has 0 saturated heterocycles. The summed E-state index contributed by atoms with van der Waals surface area (Å²) in [4.78, 5) is 24.1. The van der Waals surface area contributed by atoms with E-state index in [1.807, 2.05) is 0 Å². The van der Waals surface area contributed by atoms with Crippen molar-refractivity contribution in [2.24, 2.45) is 5.92 Å². The van der Waals surface area contributed by atoms with Crippen LogP contribution in [-0.4, -0.2) is 55.9 Å². The highest BCUT2D eigenvalue weighted by molar-refractivity contribution is 6.76. The van der Waals surface area contributed by atoms with Crippen LogP contribution in [0.1, 0.15) is 20.3 Å². The molecule has 1 amide bonds. The van der Waals surface area contributed by atoms with E-state index in [-0.39, 0.29) is 6.09 Å². The molecule has 0 rings (SSSR count). The number of ether oxygens (including phenoxy) is 1. The van der Waals surface area contributed by atoms with Gasteiger partial charge in [0, 0.05) is 18.6 Å². The first-order chi connectivity index (χ1) is 8.71. The number of hydrogen-bond donors (Lipinski definition) is 1. The van der Waals surface area contributed by atoms with E-state index in [1.165, 1.54) is 0 Å². The normalized spacial score (nSPS) is 14.6. The van der Waals surface area contributed by atoms with E-state index in [1.54, 1.807) is 18.7 Å². The first-order valence-electron chi connectivity index (χ1n) is 6.76. The quantitative estimate of drug-likeness (QED) is 0.547. The number of carbonyl (C=O) groups excluding carboxylic acids is 2. The highest BCUT2D eigenvalue weighted by atomic mass is 28.3. The predicted octanol–water partition coefficient (Wildman–Crippen LogP) is 1.91. The number of aliphatic hydroxyl groups is 1. The second kappa shape index (κ2) is 8.32. The van der Waals surface area contributed by atoms with Crippen LogP contribution in [0.2, 0.25) is 19.6 Å². The second-order valence-corrected chi connectivity index (χ2v) is 11.5. The Morgan fingerprint density at radius 3 is 2.42 bits per heavy atom. The van der Waals surface area contributed by atoms with Gasteiger partial charge in [-0.3, -0.25) is 0 Å². The van der Waals surface area contributed by atoms with Gasteiger partial charge in [0.05, 0.1) is 20.8 Å². The summed E-state index contributed by atoms with van der Waals surface area (Å²) >= 11 is 0. The molecule has 0 heterocycles. The van der Waals surface area contributed by atoms with Crippen LogP contribution >= 0.6 is 0 Å². The predicted molar refractivity (Wildman–Crippen MR) is 77.8 cm³/mol. The molecule has 112 valence electrons. The largest absolute Gasteiger partial charge is 0.450 e. The molecule has 5 nitrogen and oxygen atoms in total. The Morgan fingerprint density at radius 2 is 2.00 bits per heavy atom. The lowest BCUT2D eigenvalue weighted by molar-refractivity contribution is -0.113. The molecule has 6 heteroatoms. The summed E-state index contributed by atoms with van der Waals surface area (Å²) in [7, 11) is -1.45. The molecule has 0 aromatic rings. The number of aldehydes is 1. The number of carbonyl (C=O) groups is 2. The summed E-state index contributed by atoms with van der Waals surface area (Å²) in [6, 6.07) is 0. The Labute approximate surface area is 116 Å². The molecule has 0 aliphatic carbocycles. The molecule has 0 aliphatic heterocycles. The van der Waals surface area contributed by atoms with Crippen molar-refractivity contribution < 1.29 is 19.4 Å².